The molecule has 3 heterocycles. The van der Waals surface area contributed by atoms with Crippen LogP contribution in [0, 0.1) is 0 Å². The van der Waals surface area contributed by atoms with Gasteiger partial charge in [0.2, 0.25) is 0 Å². The smallest absolute Gasteiger partial charge is 0.260 e. The van der Waals surface area contributed by atoms with E-state index >= 15 is 0 Å². The molecule has 0 fully saturated rings. The third kappa shape index (κ3) is 2.28. The van der Waals surface area contributed by atoms with Crippen LogP contribution in [0.5, 0.6) is 0 Å². The zero-order chi connectivity index (χ0) is 14.2. The van der Waals surface area contributed by atoms with Crippen molar-refractivity contribution in [2.24, 2.45) is 0 Å². The van der Waals surface area contributed by atoms with Gasteiger partial charge in [-0.2, -0.15) is 0 Å². The Kier molecular flexibility index (Phi) is 3.20. The predicted octanol–water partition coefficient (Wildman–Crippen LogP) is 0.222. The van der Waals surface area contributed by atoms with Crippen molar-refractivity contribution in [1.82, 2.24) is 24.1 Å². The lowest BCUT2D eigenvalue weighted by Gasteiger charge is -2.05. The zero-order valence-corrected chi connectivity index (χ0v) is 11.9. The molecule has 0 aliphatic rings. The molecule has 0 unspecified atom stereocenters. The third-order valence-electron chi connectivity index (χ3n) is 2.74. The van der Waals surface area contributed by atoms with Crippen molar-refractivity contribution < 1.29 is 8.42 Å². The van der Waals surface area contributed by atoms with Crippen molar-refractivity contribution in [3.05, 3.63) is 29.8 Å². The van der Waals surface area contributed by atoms with E-state index in [0.29, 0.717) is 11.4 Å². The first-order valence-electron chi connectivity index (χ1n) is 5.76. The first-order valence-corrected chi connectivity index (χ1v) is 8.12. The molecule has 0 atom stereocenters. The Morgan fingerprint density at radius 3 is 3.10 bits per heavy atom. The maximum Gasteiger partial charge on any atom is 0.260 e. The summed E-state index contributed by atoms with van der Waals surface area (Å²) in [5.74, 6) is 0.00545. The van der Waals surface area contributed by atoms with Crippen LogP contribution >= 0.6 is 11.3 Å². The van der Waals surface area contributed by atoms with Crippen LogP contribution in [0.4, 0.5) is 5.82 Å². The van der Waals surface area contributed by atoms with Crippen LogP contribution in [0.3, 0.4) is 0 Å². The van der Waals surface area contributed by atoms with Gasteiger partial charge in [-0.25, -0.2) is 23.1 Å². The minimum absolute atomic E-state index is 0.00545. The summed E-state index contributed by atoms with van der Waals surface area (Å²) in [6.45, 7) is 0.251. The topological polar surface area (TPSA) is 118 Å². The number of aromatic amines is 1. The number of nitrogens with zero attached hydrogens (tertiary/aromatic N) is 3. The van der Waals surface area contributed by atoms with Crippen LogP contribution in [-0.4, -0.2) is 34.3 Å². The molecule has 0 aliphatic heterocycles. The fourth-order valence-corrected chi connectivity index (χ4v) is 3.87. The number of fused-ring (bicyclic) bond motifs is 1. The molecule has 3 aromatic rings. The highest BCUT2D eigenvalue weighted by atomic mass is 32.2. The largest absolute Gasteiger partial charge is 0.381 e. The van der Waals surface area contributed by atoms with Gasteiger partial charge in [0.15, 0.2) is 15.8 Å². The molecule has 0 amide bonds. The minimum Gasteiger partial charge on any atom is -0.381 e. The molecule has 0 aliphatic carbocycles. The summed E-state index contributed by atoms with van der Waals surface area (Å²) in [5.41, 5.74) is 6.55. The van der Waals surface area contributed by atoms with Gasteiger partial charge in [-0.3, -0.25) is 4.40 Å². The van der Waals surface area contributed by atoms with Gasteiger partial charge in [0.05, 0.1) is 6.33 Å². The van der Waals surface area contributed by atoms with E-state index in [4.69, 9.17) is 5.73 Å². The van der Waals surface area contributed by atoms with Crippen molar-refractivity contribution in [2.45, 2.75) is 11.4 Å². The van der Waals surface area contributed by atoms with Crippen LogP contribution in [0.1, 0.15) is 5.69 Å². The molecule has 0 saturated heterocycles. The lowest BCUT2D eigenvalue weighted by Crippen LogP contribution is -2.27. The molecule has 0 spiro atoms. The van der Waals surface area contributed by atoms with E-state index in [9.17, 15) is 8.42 Å². The fourth-order valence-electron chi connectivity index (χ4n) is 1.86. The number of rotatable bonds is 5. The second-order valence-electron chi connectivity index (χ2n) is 4.08. The number of H-pyrrole nitrogens is 1. The summed E-state index contributed by atoms with van der Waals surface area (Å²) in [5, 5.41) is 1.74. The molecule has 8 nitrogen and oxygen atoms in total. The van der Waals surface area contributed by atoms with Crippen LogP contribution in [0.25, 0.3) is 4.96 Å². The molecular formula is C10H12N6O2S2. The number of imidazole rings is 2. The molecule has 106 valence electrons. The van der Waals surface area contributed by atoms with Crippen LogP contribution in [0.15, 0.2) is 29.1 Å². The molecule has 0 bridgehead atoms. The molecule has 3 aromatic heterocycles. The van der Waals surface area contributed by atoms with Crippen LogP contribution in [-0.2, 0) is 16.4 Å². The Balaban J connectivity index is 1.81. The fraction of sp³-hybridized carbons (Fsp3) is 0.200. The molecule has 10 heteroatoms. The van der Waals surface area contributed by atoms with E-state index < -0.39 is 10.0 Å². The van der Waals surface area contributed by atoms with E-state index in [2.05, 4.69) is 19.7 Å². The van der Waals surface area contributed by atoms with Gasteiger partial charge in [-0.15, -0.1) is 11.3 Å². The number of nitrogens with two attached hydrogens (primary N) is 1. The third-order valence-corrected chi connectivity index (χ3v) is 4.99. The quantitative estimate of drug-likeness (QED) is 0.623. The molecule has 4 N–H and O–H groups in total. The Hall–Kier alpha value is -1.91. The van der Waals surface area contributed by atoms with Gasteiger partial charge < -0.3 is 10.7 Å². The highest BCUT2D eigenvalue weighted by molar-refractivity contribution is 7.89. The summed E-state index contributed by atoms with van der Waals surface area (Å²) >= 11 is 1.33. The summed E-state index contributed by atoms with van der Waals surface area (Å²) in [6, 6.07) is 0. The monoisotopic (exact) mass is 312 g/mol. The summed E-state index contributed by atoms with van der Waals surface area (Å²) in [7, 11) is -3.70. The van der Waals surface area contributed by atoms with Gasteiger partial charge in [0.25, 0.3) is 10.0 Å². The van der Waals surface area contributed by atoms with E-state index in [1.807, 2.05) is 0 Å². The summed E-state index contributed by atoms with van der Waals surface area (Å²) in [6.07, 6.45) is 5.35. The van der Waals surface area contributed by atoms with Gasteiger partial charge >= 0.3 is 0 Å². The highest BCUT2D eigenvalue weighted by Crippen LogP contribution is 2.22. The summed E-state index contributed by atoms with van der Waals surface area (Å²) < 4.78 is 28.5. The molecule has 20 heavy (non-hydrogen) atoms. The first kappa shape index (κ1) is 13.1. The maximum atomic E-state index is 12.3. The second-order valence-corrected chi connectivity index (χ2v) is 6.64. The highest BCUT2D eigenvalue weighted by Gasteiger charge is 2.23. The van der Waals surface area contributed by atoms with Gasteiger partial charge in [0.1, 0.15) is 0 Å². The maximum absolute atomic E-state index is 12.3. The number of anilines is 1. The molecule has 0 saturated carbocycles. The first-order chi connectivity index (χ1) is 9.58. The average molecular weight is 312 g/mol. The number of hydrogen-bond acceptors (Lipinski definition) is 6. The van der Waals surface area contributed by atoms with E-state index in [1.54, 1.807) is 24.1 Å². The second kappa shape index (κ2) is 4.89. The van der Waals surface area contributed by atoms with E-state index in [1.165, 1.54) is 15.7 Å². The Labute approximate surface area is 118 Å². The van der Waals surface area contributed by atoms with Crippen molar-refractivity contribution in [3.8, 4) is 0 Å². The van der Waals surface area contributed by atoms with Crippen molar-refractivity contribution in [3.63, 3.8) is 0 Å². The van der Waals surface area contributed by atoms with E-state index in [0.717, 1.165) is 5.69 Å². The van der Waals surface area contributed by atoms with E-state index in [-0.39, 0.29) is 17.4 Å². The van der Waals surface area contributed by atoms with Crippen LogP contribution < -0.4 is 10.5 Å². The number of nitrogen functional groups attached to an aromatic ring is 1. The van der Waals surface area contributed by atoms with Gasteiger partial charge in [-0.05, 0) is 0 Å². The number of thiazole rings is 1. The normalized spacial score (nSPS) is 12.2. The number of aromatic nitrogens is 4. The Morgan fingerprint density at radius 1 is 1.50 bits per heavy atom. The molecule has 0 aromatic carbocycles. The molecular weight excluding hydrogens is 300 g/mol. The number of sulfonamides is 1. The predicted molar refractivity (Wildman–Crippen MR) is 75.0 cm³/mol. The Bertz CT molecular complexity index is 817. The Morgan fingerprint density at radius 2 is 2.35 bits per heavy atom. The minimum atomic E-state index is -3.70. The molecule has 0 radical (unpaired) electrons. The number of nitrogens with one attached hydrogen (secondary N) is 2. The zero-order valence-electron chi connectivity index (χ0n) is 10.3. The average Bonchev–Trinajstić information content (AvgIpc) is 3.04. The lowest BCUT2D eigenvalue weighted by molar-refractivity contribution is 0.577. The lowest BCUT2D eigenvalue weighted by atomic mass is 10.3. The van der Waals surface area contributed by atoms with Crippen molar-refractivity contribution >= 4 is 32.1 Å². The SMILES string of the molecule is Nc1nc2sccn2c1S(=O)(=O)NCCc1cnc[nH]1. The van der Waals surface area contributed by atoms with Gasteiger partial charge in [0, 0.05) is 36.4 Å². The van der Waals surface area contributed by atoms with Crippen molar-refractivity contribution in [2.75, 3.05) is 12.3 Å². The van der Waals surface area contributed by atoms with Crippen LogP contribution in [0.2, 0.25) is 0 Å². The number of hydrogen-bond donors (Lipinski definition) is 3. The summed E-state index contributed by atoms with van der Waals surface area (Å²) in [4.78, 5) is 11.4. The van der Waals surface area contributed by atoms with Crippen molar-refractivity contribution in [1.29, 1.82) is 0 Å². The van der Waals surface area contributed by atoms with Gasteiger partial charge in [-0.1, -0.05) is 0 Å². The molecule has 3 rings (SSSR count). The standard InChI is InChI=1S/C10H12N6O2S2/c11-8-9(16-3-4-19-10(16)15-8)20(17,18)14-2-1-7-5-12-6-13-7/h3-6,14H,1-2,11H2,(H,12,13).